The molecule has 1 aliphatic heterocycles. The van der Waals surface area contributed by atoms with Crippen LogP contribution in [0.15, 0.2) is 81.5 Å². The largest absolute Gasteiger partial charge is 0.277 e. The number of benzene rings is 3. The highest BCUT2D eigenvalue weighted by molar-refractivity contribution is 7.99. The summed E-state index contributed by atoms with van der Waals surface area (Å²) < 4.78 is 0. The van der Waals surface area contributed by atoms with Crippen molar-refractivity contribution in [1.29, 1.82) is 0 Å². The fourth-order valence-corrected chi connectivity index (χ4v) is 4.19. The number of halogens is 1. The van der Waals surface area contributed by atoms with E-state index in [4.69, 9.17) is 21.4 Å². The van der Waals surface area contributed by atoms with Crippen molar-refractivity contribution in [3.05, 3.63) is 88.4 Å². The molecule has 1 heterocycles. The van der Waals surface area contributed by atoms with Crippen LogP contribution >= 0.6 is 23.4 Å². The van der Waals surface area contributed by atoms with Gasteiger partial charge in [-0.1, -0.05) is 53.7 Å². The summed E-state index contributed by atoms with van der Waals surface area (Å²) in [4.78, 5) is 24.5. The fourth-order valence-electron chi connectivity index (χ4n) is 3.00. The zero-order valence-electron chi connectivity index (χ0n) is 15.3. The third kappa shape index (κ3) is 3.56. The van der Waals surface area contributed by atoms with Gasteiger partial charge in [-0.05, 0) is 36.4 Å². The molecule has 0 unspecified atom stereocenters. The average Bonchev–Trinajstić information content (AvgIpc) is 2.88. The van der Waals surface area contributed by atoms with Crippen molar-refractivity contribution in [3.63, 3.8) is 0 Å². The Kier molecular flexibility index (Phi) is 5.22. The molecule has 1 amide bonds. The predicted molar refractivity (Wildman–Crippen MR) is 113 cm³/mol. The number of nitrogens with zero attached hydrogens (tertiary/aromatic N) is 2. The molecule has 4 nitrogen and oxygen atoms in total. The van der Waals surface area contributed by atoms with Gasteiger partial charge in [0.15, 0.2) is 0 Å². The van der Waals surface area contributed by atoms with E-state index < -0.39 is 0 Å². The van der Waals surface area contributed by atoms with E-state index in [1.54, 1.807) is 30.9 Å². The lowest BCUT2D eigenvalue weighted by Crippen LogP contribution is -2.25. The molecule has 0 bridgehead atoms. The average molecular weight is 409 g/mol. The van der Waals surface area contributed by atoms with E-state index in [-0.39, 0.29) is 5.91 Å². The van der Waals surface area contributed by atoms with Crippen LogP contribution in [0.3, 0.4) is 0 Å². The Morgan fingerprint density at radius 1 is 1.04 bits per heavy atom. The van der Waals surface area contributed by atoms with E-state index in [9.17, 15) is 4.79 Å². The number of hydroxylamine groups is 2. The van der Waals surface area contributed by atoms with Crippen molar-refractivity contribution in [2.45, 2.75) is 9.79 Å². The van der Waals surface area contributed by atoms with E-state index in [2.05, 4.69) is 12.1 Å². The number of carbonyl (C=O) groups is 1. The summed E-state index contributed by atoms with van der Waals surface area (Å²) in [5, 5.41) is 1.85. The first kappa shape index (κ1) is 18.7. The summed E-state index contributed by atoms with van der Waals surface area (Å²) in [6, 6.07) is 21.3. The first-order chi connectivity index (χ1) is 13.6. The van der Waals surface area contributed by atoms with E-state index in [0.29, 0.717) is 10.6 Å². The van der Waals surface area contributed by atoms with Crippen molar-refractivity contribution in [1.82, 2.24) is 5.06 Å². The van der Waals surface area contributed by atoms with E-state index >= 15 is 0 Å². The van der Waals surface area contributed by atoms with E-state index in [0.717, 1.165) is 32.3 Å². The lowest BCUT2D eigenvalue weighted by Gasteiger charge is -2.14. The Morgan fingerprint density at radius 2 is 1.86 bits per heavy atom. The Morgan fingerprint density at radius 3 is 2.64 bits per heavy atom. The van der Waals surface area contributed by atoms with Gasteiger partial charge in [0.25, 0.3) is 5.91 Å². The number of carbonyl (C=O) groups excluding carboxylic acids is 1. The minimum absolute atomic E-state index is 0.225. The highest BCUT2D eigenvalue weighted by Gasteiger charge is 2.21. The van der Waals surface area contributed by atoms with Gasteiger partial charge < -0.3 is 0 Å². The quantitative estimate of drug-likeness (QED) is 0.414. The maximum absolute atomic E-state index is 12.5. The molecule has 0 saturated heterocycles. The lowest BCUT2D eigenvalue weighted by atomic mass is 10.0. The maximum atomic E-state index is 12.5. The van der Waals surface area contributed by atoms with Gasteiger partial charge in [0.2, 0.25) is 0 Å². The van der Waals surface area contributed by atoms with Crippen molar-refractivity contribution >= 4 is 40.7 Å². The molecule has 0 N–H and O–H groups in total. The first-order valence-electron chi connectivity index (χ1n) is 8.65. The molecule has 0 radical (unpaired) electrons. The summed E-state index contributed by atoms with van der Waals surface area (Å²) in [7, 11) is 3.04. The number of hydrogen-bond acceptors (Lipinski definition) is 4. The number of fused-ring (bicyclic) bond motifs is 2. The number of aliphatic imine (C=N–C) groups is 1. The minimum atomic E-state index is -0.225. The van der Waals surface area contributed by atoms with E-state index in [1.165, 1.54) is 12.2 Å². The monoisotopic (exact) mass is 408 g/mol. The van der Waals surface area contributed by atoms with Gasteiger partial charge >= 0.3 is 0 Å². The van der Waals surface area contributed by atoms with Gasteiger partial charge in [-0.2, -0.15) is 0 Å². The lowest BCUT2D eigenvalue weighted by molar-refractivity contribution is -0.0756. The molecule has 1 aliphatic rings. The van der Waals surface area contributed by atoms with Gasteiger partial charge in [0.1, 0.15) is 0 Å². The highest BCUT2D eigenvalue weighted by Crippen LogP contribution is 2.41. The summed E-state index contributed by atoms with van der Waals surface area (Å²) >= 11 is 7.86. The minimum Gasteiger partial charge on any atom is -0.274 e. The molecule has 3 aromatic carbocycles. The van der Waals surface area contributed by atoms with Crippen LogP contribution < -0.4 is 0 Å². The first-order valence-corrected chi connectivity index (χ1v) is 9.84. The highest BCUT2D eigenvalue weighted by atomic mass is 35.5. The van der Waals surface area contributed by atoms with Crippen LogP contribution in [-0.4, -0.2) is 30.8 Å². The molecular weight excluding hydrogens is 392 g/mol. The van der Waals surface area contributed by atoms with Gasteiger partial charge in [0, 0.05) is 38.6 Å². The topological polar surface area (TPSA) is 41.9 Å². The number of amides is 1. The van der Waals surface area contributed by atoms with Crippen molar-refractivity contribution in [2.75, 3.05) is 14.2 Å². The second-order valence-electron chi connectivity index (χ2n) is 6.24. The van der Waals surface area contributed by atoms with Crippen molar-refractivity contribution in [2.24, 2.45) is 4.99 Å². The summed E-state index contributed by atoms with van der Waals surface area (Å²) in [5.41, 5.74) is 4.05. The van der Waals surface area contributed by atoms with Gasteiger partial charge in [0.05, 0.1) is 18.5 Å². The van der Waals surface area contributed by atoms with Crippen LogP contribution in [0.1, 0.15) is 21.5 Å². The standard InChI is InChI=1S/C22H17ClN2O2S/c1-25(27-2)22(26)15-10-11-20-18(13-15)24-21(14-6-5-7-16(23)12-14)17-8-3-4-9-19(17)28-20/h3-13H,1-2H3. The Balaban J connectivity index is 1.90. The predicted octanol–water partition coefficient (Wildman–Crippen LogP) is 5.61. The Bertz CT molecular complexity index is 1100. The summed E-state index contributed by atoms with van der Waals surface area (Å²) in [6.45, 7) is 0. The Hall–Kier alpha value is -2.60. The van der Waals surface area contributed by atoms with Crippen LogP contribution in [-0.2, 0) is 4.84 Å². The van der Waals surface area contributed by atoms with Crippen LogP contribution in [0.25, 0.3) is 0 Å². The normalized spacial score (nSPS) is 12.5. The molecule has 140 valence electrons. The second-order valence-corrected chi connectivity index (χ2v) is 7.76. The zero-order chi connectivity index (χ0) is 19.7. The third-order valence-corrected chi connectivity index (χ3v) is 5.83. The van der Waals surface area contributed by atoms with Crippen molar-refractivity contribution in [3.8, 4) is 0 Å². The molecule has 6 heteroatoms. The summed E-state index contributed by atoms with van der Waals surface area (Å²) in [6.07, 6.45) is 0. The number of hydrogen-bond donors (Lipinski definition) is 0. The van der Waals surface area contributed by atoms with Gasteiger partial charge in [-0.25, -0.2) is 10.1 Å². The molecule has 3 aromatic rings. The van der Waals surface area contributed by atoms with Gasteiger partial charge in [-0.3, -0.25) is 9.63 Å². The molecular formula is C22H17ClN2O2S. The summed E-state index contributed by atoms with van der Waals surface area (Å²) in [5.74, 6) is -0.225. The van der Waals surface area contributed by atoms with Crippen LogP contribution in [0.4, 0.5) is 5.69 Å². The third-order valence-electron chi connectivity index (χ3n) is 4.46. The van der Waals surface area contributed by atoms with Crippen LogP contribution in [0.5, 0.6) is 0 Å². The van der Waals surface area contributed by atoms with Crippen molar-refractivity contribution < 1.29 is 9.63 Å². The van der Waals surface area contributed by atoms with E-state index in [1.807, 2.05) is 42.5 Å². The molecule has 0 aliphatic carbocycles. The SMILES string of the molecule is CON(C)C(=O)c1ccc2c(c1)N=C(c1cccc(Cl)c1)c1ccccc1S2. The van der Waals surface area contributed by atoms with Gasteiger partial charge in [-0.15, -0.1) is 0 Å². The zero-order valence-corrected chi connectivity index (χ0v) is 16.9. The molecule has 0 aromatic heterocycles. The molecule has 4 rings (SSSR count). The second kappa shape index (κ2) is 7.80. The Labute approximate surface area is 172 Å². The van der Waals surface area contributed by atoms with Crippen LogP contribution in [0.2, 0.25) is 5.02 Å². The van der Waals surface area contributed by atoms with Crippen LogP contribution in [0, 0.1) is 0 Å². The maximum Gasteiger partial charge on any atom is 0.277 e. The fraction of sp³-hybridized carbons (Fsp3) is 0.0909. The molecule has 0 saturated carbocycles. The smallest absolute Gasteiger partial charge is 0.274 e. The molecule has 0 spiro atoms. The number of rotatable bonds is 3. The molecule has 0 atom stereocenters. The molecule has 0 fully saturated rings. The molecule has 28 heavy (non-hydrogen) atoms.